The molecule has 0 aliphatic carbocycles. The first-order valence-electron chi connectivity index (χ1n) is 6.75. The highest BCUT2D eigenvalue weighted by atomic mass is 16.5. The van der Waals surface area contributed by atoms with Gasteiger partial charge < -0.3 is 9.15 Å². The number of ether oxygens (including phenoxy) is 1. The Labute approximate surface area is 122 Å². The number of hydrogen-bond donors (Lipinski definition) is 0. The number of fused-ring (bicyclic) bond motifs is 1. The van der Waals surface area contributed by atoms with Gasteiger partial charge in [0.1, 0.15) is 6.10 Å². The van der Waals surface area contributed by atoms with Crippen LogP contribution in [0.15, 0.2) is 53.3 Å². The number of hydrogen-bond acceptors (Lipinski definition) is 4. The highest BCUT2D eigenvalue weighted by molar-refractivity contribution is 5.89. The molecule has 0 amide bonds. The van der Waals surface area contributed by atoms with Crippen molar-refractivity contribution >= 4 is 16.9 Å². The van der Waals surface area contributed by atoms with Crippen molar-refractivity contribution in [2.24, 2.45) is 0 Å². The quantitative estimate of drug-likeness (QED) is 0.679. The number of furan rings is 1. The highest BCUT2D eigenvalue weighted by Gasteiger charge is 2.16. The van der Waals surface area contributed by atoms with E-state index in [1.54, 1.807) is 36.7 Å². The molecule has 3 rings (SSSR count). The van der Waals surface area contributed by atoms with Gasteiger partial charge in [0, 0.05) is 5.39 Å². The van der Waals surface area contributed by atoms with Crippen molar-refractivity contribution in [3.05, 3.63) is 65.7 Å². The normalized spacial score (nSPS) is 12.3. The zero-order chi connectivity index (χ0) is 14.8. The first-order chi connectivity index (χ1) is 10.1. The van der Waals surface area contributed by atoms with Crippen LogP contribution in [0.3, 0.4) is 0 Å². The first kappa shape index (κ1) is 13.4. The topological polar surface area (TPSA) is 52.3 Å². The summed E-state index contributed by atoms with van der Waals surface area (Å²) in [4.78, 5) is 16.3. The summed E-state index contributed by atoms with van der Waals surface area (Å²) in [7, 11) is 0. The molecular formula is C17H15NO3. The molecule has 0 unspecified atom stereocenters. The van der Waals surface area contributed by atoms with Crippen LogP contribution in [0.2, 0.25) is 0 Å². The van der Waals surface area contributed by atoms with Gasteiger partial charge >= 0.3 is 5.97 Å². The second kappa shape index (κ2) is 5.40. The van der Waals surface area contributed by atoms with Crippen LogP contribution in [0.5, 0.6) is 0 Å². The smallest absolute Gasteiger partial charge is 0.338 e. The average Bonchev–Trinajstić information content (AvgIpc) is 2.89. The SMILES string of the molecule is Cc1coc2cnc([C@H](C)OC(=O)c3ccccc3)cc12. The maximum atomic E-state index is 12.0. The molecule has 2 heterocycles. The lowest BCUT2D eigenvalue weighted by Gasteiger charge is -2.12. The summed E-state index contributed by atoms with van der Waals surface area (Å²) in [6.45, 7) is 3.78. The molecular weight excluding hydrogens is 266 g/mol. The van der Waals surface area contributed by atoms with Crippen LogP contribution < -0.4 is 0 Å². The third-order valence-electron chi connectivity index (χ3n) is 3.39. The molecule has 21 heavy (non-hydrogen) atoms. The van der Waals surface area contributed by atoms with Crippen LogP contribution in [-0.4, -0.2) is 11.0 Å². The van der Waals surface area contributed by atoms with E-state index in [0.717, 1.165) is 16.5 Å². The summed E-state index contributed by atoms with van der Waals surface area (Å²) in [5, 5.41) is 0.989. The predicted octanol–water partition coefficient (Wildman–Crippen LogP) is 4.05. The second-order valence-corrected chi connectivity index (χ2v) is 4.94. The molecule has 2 aromatic heterocycles. The standard InChI is InChI=1S/C17H15NO3/c1-11-10-20-16-9-18-15(8-14(11)16)12(2)21-17(19)13-6-4-3-5-7-13/h3-10,12H,1-2H3/t12-/m0/s1. The molecule has 106 valence electrons. The van der Waals surface area contributed by atoms with Gasteiger partial charge in [-0.3, -0.25) is 4.98 Å². The van der Waals surface area contributed by atoms with Gasteiger partial charge in [0.15, 0.2) is 5.58 Å². The lowest BCUT2D eigenvalue weighted by molar-refractivity contribution is 0.0329. The zero-order valence-electron chi connectivity index (χ0n) is 11.9. The lowest BCUT2D eigenvalue weighted by atomic mass is 10.1. The number of nitrogens with zero attached hydrogens (tertiary/aromatic N) is 1. The average molecular weight is 281 g/mol. The van der Waals surface area contributed by atoms with Crippen LogP contribution in [-0.2, 0) is 4.74 Å². The van der Waals surface area contributed by atoms with Gasteiger partial charge in [-0.1, -0.05) is 18.2 Å². The maximum absolute atomic E-state index is 12.0. The van der Waals surface area contributed by atoms with Crippen LogP contribution in [0.25, 0.3) is 11.0 Å². The van der Waals surface area contributed by atoms with Gasteiger partial charge in [0.25, 0.3) is 0 Å². The maximum Gasteiger partial charge on any atom is 0.338 e. The number of esters is 1. The summed E-state index contributed by atoms with van der Waals surface area (Å²) >= 11 is 0. The summed E-state index contributed by atoms with van der Waals surface area (Å²) in [6, 6.07) is 10.8. The summed E-state index contributed by atoms with van der Waals surface area (Å²) in [5.41, 5.74) is 3.01. The predicted molar refractivity (Wildman–Crippen MR) is 79.0 cm³/mol. The first-order valence-corrected chi connectivity index (χ1v) is 6.75. The van der Waals surface area contributed by atoms with Crippen molar-refractivity contribution in [1.82, 2.24) is 4.98 Å². The van der Waals surface area contributed by atoms with E-state index in [1.165, 1.54) is 0 Å². The highest BCUT2D eigenvalue weighted by Crippen LogP contribution is 2.24. The van der Waals surface area contributed by atoms with Crippen molar-refractivity contribution in [3.8, 4) is 0 Å². The number of carbonyl (C=O) groups is 1. The minimum atomic E-state index is -0.420. The molecule has 0 radical (unpaired) electrons. The van der Waals surface area contributed by atoms with Crippen LogP contribution >= 0.6 is 0 Å². The molecule has 0 fully saturated rings. The minimum absolute atomic E-state index is 0.353. The lowest BCUT2D eigenvalue weighted by Crippen LogP contribution is -2.10. The van der Waals surface area contributed by atoms with E-state index in [9.17, 15) is 4.79 Å². The molecule has 0 spiro atoms. The van der Waals surface area contributed by atoms with Gasteiger partial charge in [-0.15, -0.1) is 0 Å². The summed E-state index contributed by atoms with van der Waals surface area (Å²) in [5.74, 6) is -0.353. The Morgan fingerprint density at radius 3 is 2.81 bits per heavy atom. The van der Waals surface area contributed by atoms with Gasteiger partial charge in [-0.05, 0) is 37.6 Å². The summed E-state index contributed by atoms with van der Waals surface area (Å²) in [6.07, 6.45) is 2.93. The van der Waals surface area contributed by atoms with E-state index in [1.807, 2.05) is 26.0 Å². The number of carbonyl (C=O) groups excluding carboxylic acids is 1. The molecule has 0 saturated heterocycles. The number of aromatic nitrogens is 1. The van der Waals surface area contributed by atoms with Gasteiger partial charge in [-0.25, -0.2) is 4.79 Å². The number of benzene rings is 1. The zero-order valence-corrected chi connectivity index (χ0v) is 11.9. The number of rotatable bonds is 3. The van der Waals surface area contributed by atoms with E-state index >= 15 is 0 Å². The molecule has 4 nitrogen and oxygen atoms in total. The minimum Gasteiger partial charge on any atom is -0.462 e. The van der Waals surface area contributed by atoms with Crippen LogP contribution in [0.1, 0.15) is 34.6 Å². The third kappa shape index (κ3) is 2.65. The van der Waals surface area contributed by atoms with Crippen LogP contribution in [0.4, 0.5) is 0 Å². The van der Waals surface area contributed by atoms with Gasteiger partial charge in [0.05, 0.1) is 23.7 Å². The fourth-order valence-electron chi connectivity index (χ4n) is 2.16. The molecule has 0 saturated carbocycles. The van der Waals surface area contributed by atoms with Crippen molar-refractivity contribution < 1.29 is 13.9 Å². The van der Waals surface area contributed by atoms with Crippen molar-refractivity contribution in [1.29, 1.82) is 0 Å². The monoisotopic (exact) mass is 281 g/mol. The molecule has 3 aromatic rings. The Hall–Kier alpha value is -2.62. The fourth-order valence-corrected chi connectivity index (χ4v) is 2.16. The van der Waals surface area contributed by atoms with E-state index in [2.05, 4.69) is 4.98 Å². The number of pyridine rings is 1. The fraction of sp³-hybridized carbons (Fsp3) is 0.176. The molecule has 0 aliphatic heterocycles. The molecule has 0 bridgehead atoms. The van der Waals surface area contributed by atoms with E-state index in [4.69, 9.17) is 9.15 Å². The Balaban J connectivity index is 1.82. The molecule has 4 heteroatoms. The van der Waals surface area contributed by atoms with E-state index in [0.29, 0.717) is 11.3 Å². The molecule has 0 aliphatic rings. The Morgan fingerprint density at radius 1 is 1.29 bits per heavy atom. The molecule has 1 aromatic carbocycles. The van der Waals surface area contributed by atoms with E-state index in [-0.39, 0.29) is 5.97 Å². The largest absolute Gasteiger partial charge is 0.462 e. The Bertz CT molecular complexity index is 777. The third-order valence-corrected chi connectivity index (χ3v) is 3.39. The van der Waals surface area contributed by atoms with E-state index < -0.39 is 6.10 Å². The van der Waals surface area contributed by atoms with Gasteiger partial charge in [-0.2, -0.15) is 0 Å². The van der Waals surface area contributed by atoms with Crippen molar-refractivity contribution in [2.75, 3.05) is 0 Å². The van der Waals surface area contributed by atoms with Gasteiger partial charge in [0.2, 0.25) is 0 Å². The van der Waals surface area contributed by atoms with Crippen molar-refractivity contribution in [2.45, 2.75) is 20.0 Å². The second-order valence-electron chi connectivity index (χ2n) is 4.94. The van der Waals surface area contributed by atoms with Crippen LogP contribution in [0, 0.1) is 6.92 Å². The Morgan fingerprint density at radius 2 is 2.05 bits per heavy atom. The van der Waals surface area contributed by atoms with Crippen molar-refractivity contribution in [3.63, 3.8) is 0 Å². The summed E-state index contributed by atoms with van der Waals surface area (Å²) < 4.78 is 10.8. The molecule has 0 N–H and O–H groups in total. The number of aryl methyl sites for hydroxylation is 1. The molecule has 1 atom stereocenters. The Kier molecular flexibility index (Phi) is 3.44.